The third-order valence-electron chi connectivity index (χ3n) is 4.75. The number of nitrogens with zero attached hydrogens (tertiary/aromatic N) is 3. The SMILES string of the molecule is CCNC(=NCC1CCN(c2ccc(F)c(F)c2)C1)NCCc1csc(C)n1.I. The maximum atomic E-state index is 13.5. The van der Waals surface area contributed by atoms with Crippen molar-refractivity contribution in [3.05, 3.63) is 45.9 Å². The van der Waals surface area contributed by atoms with Gasteiger partial charge in [0.15, 0.2) is 17.6 Å². The number of rotatable bonds is 7. The van der Waals surface area contributed by atoms with E-state index in [-0.39, 0.29) is 24.0 Å². The molecular weight excluding hydrogens is 507 g/mol. The summed E-state index contributed by atoms with van der Waals surface area (Å²) in [6.07, 6.45) is 1.85. The van der Waals surface area contributed by atoms with Gasteiger partial charge < -0.3 is 15.5 Å². The van der Waals surface area contributed by atoms with Crippen LogP contribution in [0, 0.1) is 24.5 Å². The average Bonchev–Trinajstić information content (AvgIpc) is 3.31. The van der Waals surface area contributed by atoms with Gasteiger partial charge in [0.05, 0.1) is 10.7 Å². The Balaban J connectivity index is 0.00000300. The molecule has 1 aliphatic rings. The minimum absolute atomic E-state index is 0. The molecule has 0 radical (unpaired) electrons. The van der Waals surface area contributed by atoms with Crippen LogP contribution in [0.2, 0.25) is 0 Å². The number of nitrogens with one attached hydrogen (secondary N) is 2. The number of aryl methyl sites for hydroxylation is 1. The number of anilines is 1. The minimum atomic E-state index is -0.807. The number of guanidine groups is 1. The van der Waals surface area contributed by atoms with Gasteiger partial charge in [-0.15, -0.1) is 35.3 Å². The first-order valence-corrected chi connectivity index (χ1v) is 10.6. The van der Waals surface area contributed by atoms with E-state index in [0.29, 0.717) is 12.5 Å². The highest BCUT2D eigenvalue weighted by molar-refractivity contribution is 14.0. The van der Waals surface area contributed by atoms with Gasteiger partial charge in [-0.2, -0.15) is 0 Å². The van der Waals surface area contributed by atoms with Gasteiger partial charge >= 0.3 is 0 Å². The average molecular weight is 535 g/mol. The Bertz CT molecular complexity index is 814. The zero-order chi connectivity index (χ0) is 19.9. The van der Waals surface area contributed by atoms with Crippen LogP contribution in [0.3, 0.4) is 0 Å². The summed E-state index contributed by atoms with van der Waals surface area (Å²) in [6.45, 7) is 7.96. The van der Waals surface area contributed by atoms with Gasteiger partial charge in [0.1, 0.15) is 0 Å². The number of hydrogen-bond donors (Lipinski definition) is 2. The first-order valence-electron chi connectivity index (χ1n) is 9.68. The Morgan fingerprint density at radius 2 is 2.14 bits per heavy atom. The zero-order valence-electron chi connectivity index (χ0n) is 16.8. The summed E-state index contributed by atoms with van der Waals surface area (Å²) in [6, 6.07) is 4.09. The van der Waals surface area contributed by atoms with Crippen molar-refractivity contribution in [1.82, 2.24) is 15.6 Å². The first kappa shape index (κ1) is 23.8. The molecular formula is C20H28F2IN5S. The highest BCUT2D eigenvalue weighted by Gasteiger charge is 2.23. The second kappa shape index (κ2) is 11.6. The molecule has 160 valence electrons. The molecule has 1 aromatic carbocycles. The second-order valence-corrected chi connectivity index (χ2v) is 8.02. The lowest BCUT2D eigenvalue weighted by atomic mass is 10.1. The molecule has 1 unspecified atom stereocenters. The van der Waals surface area contributed by atoms with E-state index in [1.807, 2.05) is 13.8 Å². The van der Waals surface area contributed by atoms with Crippen molar-refractivity contribution >= 4 is 47.0 Å². The van der Waals surface area contributed by atoms with E-state index < -0.39 is 11.6 Å². The van der Waals surface area contributed by atoms with Crippen molar-refractivity contribution in [3.8, 4) is 0 Å². The van der Waals surface area contributed by atoms with Crippen LogP contribution in [0.5, 0.6) is 0 Å². The summed E-state index contributed by atoms with van der Waals surface area (Å²) in [4.78, 5) is 11.3. The Hall–Kier alpha value is -1.49. The predicted octanol–water partition coefficient (Wildman–Crippen LogP) is 3.97. The number of aromatic nitrogens is 1. The number of halogens is 3. The Labute approximate surface area is 192 Å². The van der Waals surface area contributed by atoms with E-state index in [4.69, 9.17) is 4.99 Å². The van der Waals surface area contributed by atoms with Gasteiger partial charge in [0.25, 0.3) is 0 Å². The van der Waals surface area contributed by atoms with Crippen LogP contribution >= 0.6 is 35.3 Å². The lowest BCUT2D eigenvalue weighted by molar-refractivity contribution is 0.508. The van der Waals surface area contributed by atoms with Crippen LogP contribution in [-0.2, 0) is 6.42 Å². The smallest absolute Gasteiger partial charge is 0.191 e. The monoisotopic (exact) mass is 535 g/mol. The molecule has 0 aliphatic carbocycles. The second-order valence-electron chi connectivity index (χ2n) is 6.95. The fraction of sp³-hybridized carbons (Fsp3) is 0.500. The van der Waals surface area contributed by atoms with Crippen molar-refractivity contribution in [2.45, 2.75) is 26.7 Å². The van der Waals surface area contributed by atoms with Gasteiger partial charge in [-0.05, 0) is 38.3 Å². The molecule has 0 bridgehead atoms. The maximum absolute atomic E-state index is 13.5. The Morgan fingerprint density at radius 3 is 2.83 bits per heavy atom. The lowest BCUT2D eigenvalue weighted by Gasteiger charge is -2.18. The molecule has 9 heteroatoms. The summed E-state index contributed by atoms with van der Waals surface area (Å²) in [5.41, 5.74) is 1.83. The lowest BCUT2D eigenvalue weighted by Crippen LogP contribution is -2.38. The molecule has 2 heterocycles. The quantitative estimate of drug-likeness (QED) is 0.320. The van der Waals surface area contributed by atoms with Crippen molar-refractivity contribution in [2.24, 2.45) is 10.9 Å². The highest BCUT2D eigenvalue weighted by atomic mass is 127. The first-order chi connectivity index (χ1) is 13.5. The molecule has 0 spiro atoms. The third kappa shape index (κ3) is 7.06. The molecule has 1 aliphatic heterocycles. The van der Waals surface area contributed by atoms with Crippen molar-refractivity contribution in [3.63, 3.8) is 0 Å². The summed E-state index contributed by atoms with van der Waals surface area (Å²) in [5.74, 6) is -0.406. The van der Waals surface area contributed by atoms with E-state index >= 15 is 0 Å². The van der Waals surface area contributed by atoms with Crippen LogP contribution < -0.4 is 15.5 Å². The van der Waals surface area contributed by atoms with Crippen LogP contribution in [-0.4, -0.2) is 43.7 Å². The van der Waals surface area contributed by atoms with Gasteiger partial charge in [-0.25, -0.2) is 13.8 Å². The van der Waals surface area contributed by atoms with Gasteiger partial charge in [-0.3, -0.25) is 4.99 Å². The largest absolute Gasteiger partial charge is 0.371 e. The maximum Gasteiger partial charge on any atom is 0.191 e. The van der Waals surface area contributed by atoms with Crippen LogP contribution in [0.25, 0.3) is 0 Å². The Kier molecular flexibility index (Phi) is 9.54. The van der Waals surface area contributed by atoms with Gasteiger partial charge in [-0.1, -0.05) is 0 Å². The summed E-state index contributed by atoms with van der Waals surface area (Å²) >= 11 is 1.67. The normalized spacial score (nSPS) is 16.6. The van der Waals surface area contributed by atoms with Gasteiger partial charge in [0.2, 0.25) is 0 Å². The molecule has 0 saturated carbocycles. The molecule has 2 aromatic rings. The van der Waals surface area contributed by atoms with Gasteiger partial charge in [0, 0.05) is 56.3 Å². The fourth-order valence-corrected chi connectivity index (χ4v) is 3.94. The topological polar surface area (TPSA) is 52.6 Å². The van der Waals surface area contributed by atoms with E-state index in [2.05, 4.69) is 25.9 Å². The van der Waals surface area contributed by atoms with Crippen molar-refractivity contribution in [1.29, 1.82) is 0 Å². The summed E-state index contributed by atoms with van der Waals surface area (Å²) in [5, 5.41) is 9.80. The zero-order valence-corrected chi connectivity index (χ0v) is 19.9. The predicted molar refractivity (Wildman–Crippen MR) is 127 cm³/mol. The van der Waals surface area contributed by atoms with Crippen molar-refractivity contribution in [2.75, 3.05) is 37.6 Å². The number of benzene rings is 1. The fourth-order valence-electron chi connectivity index (χ4n) is 3.29. The summed E-state index contributed by atoms with van der Waals surface area (Å²) < 4.78 is 26.6. The molecule has 1 atom stereocenters. The standard InChI is InChI=1S/C20H27F2N5S.HI/c1-3-23-20(24-8-6-16-13-28-14(2)26-16)25-11-15-7-9-27(12-15)17-4-5-18(21)19(22)10-17;/h4-5,10,13,15H,3,6-9,11-12H2,1-2H3,(H2,23,24,25);1H. The molecule has 1 aromatic heterocycles. The molecule has 1 saturated heterocycles. The number of hydrogen-bond acceptors (Lipinski definition) is 4. The van der Waals surface area contributed by atoms with E-state index in [1.165, 1.54) is 12.1 Å². The van der Waals surface area contributed by atoms with E-state index in [9.17, 15) is 8.78 Å². The Morgan fingerprint density at radius 1 is 1.31 bits per heavy atom. The molecule has 1 fully saturated rings. The van der Waals surface area contributed by atoms with E-state index in [0.717, 1.165) is 61.4 Å². The number of thiazole rings is 1. The molecule has 29 heavy (non-hydrogen) atoms. The molecule has 5 nitrogen and oxygen atoms in total. The minimum Gasteiger partial charge on any atom is -0.371 e. The van der Waals surface area contributed by atoms with Crippen LogP contribution in [0.4, 0.5) is 14.5 Å². The van der Waals surface area contributed by atoms with Crippen LogP contribution in [0.15, 0.2) is 28.6 Å². The molecule has 0 amide bonds. The van der Waals surface area contributed by atoms with E-state index in [1.54, 1.807) is 17.4 Å². The molecule has 3 rings (SSSR count). The molecule has 2 N–H and O–H groups in total. The van der Waals surface area contributed by atoms with Crippen molar-refractivity contribution < 1.29 is 8.78 Å². The highest BCUT2D eigenvalue weighted by Crippen LogP contribution is 2.25. The third-order valence-corrected chi connectivity index (χ3v) is 5.57. The van der Waals surface area contributed by atoms with Crippen LogP contribution in [0.1, 0.15) is 24.0 Å². The number of aliphatic imine (C=N–C) groups is 1. The summed E-state index contributed by atoms with van der Waals surface area (Å²) in [7, 11) is 0.